The highest BCUT2D eigenvalue weighted by molar-refractivity contribution is 5.92. The van der Waals surface area contributed by atoms with Gasteiger partial charge in [0.1, 0.15) is 0 Å². The first kappa shape index (κ1) is 11.2. The van der Waals surface area contributed by atoms with Crippen LogP contribution in [-0.2, 0) is 4.79 Å². The molecule has 0 unspecified atom stereocenters. The van der Waals surface area contributed by atoms with Gasteiger partial charge >= 0.3 is 0 Å². The van der Waals surface area contributed by atoms with Gasteiger partial charge in [-0.25, -0.2) is 0 Å². The molecule has 78 valence electrons. The molecule has 0 heterocycles. The Morgan fingerprint density at radius 3 is 2.53 bits per heavy atom. The maximum Gasteiger partial charge on any atom is 0.246 e. The number of hydrogen-bond acceptors (Lipinski definition) is 1. The Kier molecular flexibility index (Phi) is 4.35. The van der Waals surface area contributed by atoms with E-state index in [1.54, 1.807) is 20.0 Å². The molecule has 2 heteroatoms. The number of carbonyl (C=O) groups excluding carboxylic acids is 1. The van der Waals surface area contributed by atoms with Gasteiger partial charge in [-0.05, 0) is 12.5 Å². The highest BCUT2D eigenvalue weighted by atomic mass is 16.1. The summed E-state index contributed by atoms with van der Waals surface area (Å²) in [6, 6.07) is 9.96. The molecule has 1 aromatic carbocycles. The zero-order chi connectivity index (χ0) is 11.1. The number of nitrogens with one attached hydrogen (secondary N) is 1. The van der Waals surface area contributed by atoms with Crippen LogP contribution >= 0.6 is 0 Å². The molecule has 0 aromatic heterocycles. The van der Waals surface area contributed by atoms with Gasteiger partial charge in [0.15, 0.2) is 0 Å². The lowest BCUT2D eigenvalue weighted by molar-refractivity contribution is -0.116. The molecule has 0 aliphatic heterocycles. The number of benzene rings is 1. The van der Waals surface area contributed by atoms with Crippen LogP contribution in [0.15, 0.2) is 48.1 Å². The molecule has 0 spiro atoms. The van der Waals surface area contributed by atoms with Crippen LogP contribution in [0.1, 0.15) is 12.5 Å². The Morgan fingerprint density at radius 1 is 1.27 bits per heavy atom. The van der Waals surface area contributed by atoms with Crippen LogP contribution in [0.3, 0.4) is 0 Å². The monoisotopic (exact) mass is 201 g/mol. The second-order valence-corrected chi connectivity index (χ2v) is 3.20. The summed E-state index contributed by atoms with van der Waals surface area (Å²) in [4.78, 5) is 11.1. The van der Waals surface area contributed by atoms with Gasteiger partial charge in [0.2, 0.25) is 5.91 Å². The van der Waals surface area contributed by atoms with Gasteiger partial charge in [0.05, 0.1) is 0 Å². The molecule has 0 aliphatic rings. The van der Waals surface area contributed by atoms with Gasteiger partial charge in [-0.3, -0.25) is 4.79 Å². The SMILES string of the molecule is CNC(=O)/C(C)=C/C=C/c1ccccc1. The van der Waals surface area contributed by atoms with Crippen LogP contribution in [-0.4, -0.2) is 13.0 Å². The van der Waals surface area contributed by atoms with E-state index >= 15 is 0 Å². The van der Waals surface area contributed by atoms with Crippen LogP contribution in [0.4, 0.5) is 0 Å². The van der Waals surface area contributed by atoms with E-state index in [4.69, 9.17) is 0 Å². The first-order valence-corrected chi connectivity index (χ1v) is 4.86. The molecular formula is C13H15NO. The number of allylic oxidation sites excluding steroid dienone is 2. The lowest BCUT2D eigenvalue weighted by Crippen LogP contribution is -2.18. The average molecular weight is 201 g/mol. The minimum Gasteiger partial charge on any atom is -0.355 e. The fourth-order valence-corrected chi connectivity index (χ4v) is 1.14. The van der Waals surface area contributed by atoms with Crippen molar-refractivity contribution in [2.24, 2.45) is 0 Å². The molecule has 0 radical (unpaired) electrons. The topological polar surface area (TPSA) is 29.1 Å². The van der Waals surface area contributed by atoms with Crippen LogP contribution < -0.4 is 5.32 Å². The highest BCUT2D eigenvalue weighted by Gasteiger charge is 1.96. The molecule has 1 rings (SSSR count). The Morgan fingerprint density at radius 2 is 1.93 bits per heavy atom. The average Bonchev–Trinajstić information content (AvgIpc) is 2.29. The number of hydrogen-bond donors (Lipinski definition) is 1. The molecule has 0 saturated carbocycles. The van der Waals surface area contributed by atoms with Gasteiger partial charge in [-0.2, -0.15) is 0 Å². The van der Waals surface area contributed by atoms with Crippen LogP contribution in [0.2, 0.25) is 0 Å². The molecule has 0 atom stereocenters. The summed E-state index contributed by atoms with van der Waals surface area (Å²) in [7, 11) is 1.63. The summed E-state index contributed by atoms with van der Waals surface area (Å²) in [6.45, 7) is 1.79. The van der Waals surface area contributed by atoms with Crippen molar-refractivity contribution >= 4 is 12.0 Å². The molecule has 0 bridgehead atoms. The van der Waals surface area contributed by atoms with E-state index in [1.807, 2.05) is 42.5 Å². The second-order valence-electron chi connectivity index (χ2n) is 3.20. The molecule has 0 aliphatic carbocycles. The van der Waals surface area contributed by atoms with Crippen molar-refractivity contribution in [1.82, 2.24) is 5.32 Å². The largest absolute Gasteiger partial charge is 0.355 e. The Bertz CT molecular complexity index is 377. The van der Waals surface area contributed by atoms with E-state index in [9.17, 15) is 4.79 Å². The molecule has 1 amide bonds. The summed E-state index contributed by atoms with van der Waals surface area (Å²) < 4.78 is 0. The van der Waals surface area contributed by atoms with Gasteiger partial charge in [0.25, 0.3) is 0 Å². The van der Waals surface area contributed by atoms with Gasteiger partial charge < -0.3 is 5.32 Å². The third-order valence-corrected chi connectivity index (χ3v) is 2.02. The van der Waals surface area contributed by atoms with Gasteiger partial charge in [-0.1, -0.05) is 48.6 Å². The van der Waals surface area contributed by atoms with Crippen LogP contribution in [0.5, 0.6) is 0 Å². The minimum absolute atomic E-state index is 0.0484. The Hall–Kier alpha value is -1.83. The molecule has 2 nitrogen and oxygen atoms in total. The summed E-state index contributed by atoms with van der Waals surface area (Å²) in [5.41, 5.74) is 1.82. The molecule has 1 aromatic rings. The van der Waals surface area contributed by atoms with Crippen molar-refractivity contribution in [3.63, 3.8) is 0 Å². The number of rotatable bonds is 3. The molecule has 15 heavy (non-hydrogen) atoms. The number of amides is 1. The number of carbonyl (C=O) groups is 1. The summed E-state index contributed by atoms with van der Waals surface area (Å²) >= 11 is 0. The fraction of sp³-hybridized carbons (Fsp3) is 0.154. The maximum atomic E-state index is 11.1. The predicted octanol–water partition coefficient (Wildman–Crippen LogP) is 2.39. The first-order valence-electron chi connectivity index (χ1n) is 4.86. The van der Waals surface area contributed by atoms with Gasteiger partial charge in [-0.15, -0.1) is 0 Å². The third-order valence-electron chi connectivity index (χ3n) is 2.02. The van der Waals surface area contributed by atoms with Crippen molar-refractivity contribution in [3.05, 3.63) is 53.6 Å². The normalized spacial score (nSPS) is 11.7. The molecule has 0 saturated heterocycles. The van der Waals surface area contributed by atoms with Crippen molar-refractivity contribution < 1.29 is 4.79 Å². The minimum atomic E-state index is -0.0484. The second kappa shape index (κ2) is 5.81. The van der Waals surface area contributed by atoms with Crippen LogP contribution in [0, 0.1) is 0 Å². The maximum absolute atomic E-state index is 11.1. The first-order chi connectivity index (χ1) is 7.24. The van der Waals surface area contributed by atoms with Crippen molar-refractivity contribution in [1.29, 1.82) is 0 Å². The lowest BCUT2D eigenvalue weighted by Gasteiger charge is -1.96. The highest BCUT2D eigenvalue weighted by Crippen LogP contribution is 2.02. The van der Waals surface area contributed by atoms with E-state index in [-0.39, 0.29) is 5.91 Å². The standard InChI is InChI=1S/C13H15NO/c1-11(13(15)14-2)7-6-10-12-8-4-3-5-9-12/h3-10H,1-2H3,(H,14,15)/b10-6+,11-7+. The molecular weight excluding hydrogens is 186 g/mol. The third kappa shape index (κ3) is 3.81. The summed E-state index contributed by atoms with van der Waals surface area (Å²) in [5, 5.41) is 2.57. The van der Waals surface area contributed by atoms with Crippen LogP contribution in [0.25, 0.3) is 6.08 Å². The Balaban J connectivity index is 2.64. The van der Waals surface area contributed by atoms with Crippen molar-refractivity contribution in [2.45, 2.75) is 6.92 Å². The Labute approximate surface area is 90.3 Å². The smallest absolute Gasteiger partial charge is 0.246 e. The van der Waals surface area contributed by atoms with E-state index in [1.165, 1.54) is 0 Å². The zero-order valence-corrected chi connectivity index (χ0v) is 9.03. The van der Waals surface area contributed by atoms with Crippen molar-refractivity contribution in [2.75, 3.05) is 7.05 Å². The molecule has 0 fully saturated rings. The molecule has 1 N–H and O–H groups in total. The summed E-state index contributed by atoms with van der Waals surface area (Å²) in [5.74, 6) is -0.0484. The number of likely N-dealkylation sites (N-methyl/N-ethyl adjacent to an activating group) is 1. The lowest BCUT2D eigenvalue weighted by atomic mass is 10.2. The van der Waals surface area contributed by atoms with Crippen molar-refractivity contribution in [3.8, 4) is 0 Å². The predicted molar refractivity (Wildman–Crippen MR) is 63.3 cm³/mol. The summed E-state index contributed by atoms with van der Waals surface area (Å²) in [6.07, 6.45) is 5.64. The van der Waals surface area contributed by atoms with E-state index in [0.717, 1.165) is 5.56 Å². The fourth-order valence-electron chi connectivity index (χ4n) is 1.14. The van der Waals surface area contributed by atoms with E-state index < -0.39 is 0 Å². The van der Waals surface area contributed by atoms with E-state index in [2.05, 4.69) is 5.32 Å². The quantitative estimate of drug-likeness (QED) is 0.590. The zero-order valence-electron chi connectivity index (χ0n) is 9.03. The van der Waals surface area contributed by atoms with Gasteiger partial charge in [0, 0.05) is 12.6 Å². The van der Waals surface area contributed by atoms with E-state index in [0.29, 0.717) is 5.57 Å².